The fraction of sp³-hybridized carbons (Fsp3) is 0.750. The van der Waals surface area contributed by atoms with Crippen molar-refractivity contribution in [3.63, 3.8) is 0 Å². The SMILES string of the molecule is Cc1nc(CN2CCO[C@@H]3CNC[C@@H]3C2)cs1.Cl.Cl. The molecule has 19 heavy (non-hydrogen) atoms. The van der Waals surface area contributed by atoms with Crippen molar-refractivity contribution in [2.75, 3.05) is 32.8 Å². The molecule has 3 heterocycles. The van der Waals surface area contributed by atoms with E-state index in [1.54, 1.807) is 11.3 Å². The molecule has 7 heteroatoms. The summed E-state index contributed by atoms with van der Waals surface area (Å²) < 4.78 is 5.88. The van der Waals surface area contributed by atoms with Crippen molar-refractivity contribution >= 4 is 36.2 Å². The van der Waals surface area contributed by atoms with Crippen LogP contribution < -0.4 is 5.32 Å². The highest BCUT2D eigenvalue weighted by Gasteiger charge is 2.31. The second kappa shape index (κ2) is 7.76. The normalized spacial score (nSPS) is 27.0. The maximum Gasteiger partial charge on any atom is 0.0897 e. The van der Waals surface area contributed by atoms with E-state index in [4.69, 9.17) is 4.74 Å². The standard InChI is InChI=1S/C12H19N3OS.2ClH/c1-9-14-11(8-17-9)7-15-2-3-16-12-5-13-4-10(12)6-15;;/h8,10,12-13H,2-7H2,1H3;2*1H/t10-,12-;;/m1../s1. The van der Waals surface area contributed by atoms with Gasteiger partial charge in [0.25, 0.3) is 0 Å². The van der Waals surface area contributed by atoms with Crippen LogP contribution in [0.4, 0.5) is 0 Å². The van der Waals surface area contributed by atoms with E-state index < -0.39 is 0 Å². The van der Waals surface area contributed by atoms with Crippen LogP contribution in [0.15, 0.2) is 5.38 Å². The molecule has 0 radical (unpaired) electrons. The van der Waals surface area contributed by atoms with Gasteiger partial charge in [0, 0.05) is 44.0 Å². The molecule has 0 bridgehead atoms. The first-order chi connectivity index (χ1) is 8.31. The van der Waals surface area contributed by atoms with Gasteiger partial charge in [-0.15, -0.1) is 36.2 Å². The number of thiazole rings is 1. The Morgan fingerprint density at radius 2 is 2.32 bits per heavy atom. The van der Waals surface area contributed by atoms with Gasteiger partial charge < -0.3 is 10.1 Å². The highest BCUT2D eigenvalue weighted by Crippen LogP contribution is 2.19. The third kappa shape index (κ3) is 4.28. The molecule has 0 unspecified atom stereocenters. The van der Waals surface area contributed by atoms with E-state index >= 15 is 0 Å². The summed E-state index contributed by atoms with van der Waals surface area (Å²) in [5.74, 6) is 0.650. The lowest BCUT2D eigenvalue weighted by molar-refractivity contribution is 0.0571. The van der Waals surface area contributed by atoms with Gasteiger partial charge >= 0.3 is 0 Å². The van der Waals surface area contributed by atoms with Gasteiger partial charge in [-0.05, 0) is 6.92 Å². The van der Waals surface area contributed by atoms with Gasteiger partial charge in [0.1, 0.15) is 0 Å². The van der Waals surface area contributed by atoms with Crippen LogP contribution in [-0.4, -0.2) is 48.8 Å². The number of halogens is 2. The Bertz CT molecular complexity index is 391. The number of hydrogen-bond donors (Lipinski definition) is 1. The molecular formula is C12H21Cl2N3OS. The number of ether oxygens (including phenoxy) is 1. The second-order valence-corrected chi connectivity index (χ2v) is 5.98. The molecule has 2 atom stereocenters. The molecule has 110 valence electrons. The van der Waals surface area contributed by atoms with Gasteiger partial charge in [-0.25, -0.2) is 4.98 Å². The van der Waals surface area contributed by atoms with Crippen molar-refractivity contribution in [3.05, 3.63) is 16.1 Å². The minimum absolute atomic E-state index is 0. The Hall–Kier alpha value is 0.0900. The van der Waals surface area contributed by atoms with Gasteiger partial charge in [0.05, 0.1) is 23.4 Å². The minimum Gasteiger partial charge on any atom is -0.375 e. The number of nitrogens with zero attached hydrogens (tertiary/aromatic N) is 2. The fourth-order valence-electron chi connectivity index (χ4n) is 2.70. The summed E-state index contributed by atoms with van der Waals surface area (Å²) in [6.07, 6.45) is 0.428. The van der Waals surface area contributed by atoms with Crippen molar-refractivity contribution in [2.45, 2.75) is 19.6 Å². The third-order valence-electron chi connectivity index (χ3n) is 3.56. The zero-order valence-corrected chi connectivity index (χ0v) is 13.5. The molecule has 0 spiro atoms. The van der Waals surface area contributed by atoms with Gasteiger partial charge in [0.2, 0.25) is 0 Å². The molecule has 4 nitrogen and oxygen atoms in total. The predicted octanol–water partition coefficient (Wildman–Crippen LogP) is 1.72. The number of aryl methyl sites for hydroxylation is 1. The quantitative estimate of drug-likeness (QED) is 0.898. The second-order valence-electron chi connectivity index (χ2n) is 4.92. The Labute approximate surface area is 130 Å². The number of aromatic nitrogens is 1. The Morgan fingerprint density at radius 1 is 1.47 bits per heavy atom. The van der Waals surface area contributed by atoms with Crippen molar-refractivity contribution in [1.29, 1.82) is 0 Å². The lowest BCUT2D eigenvalue weighted by Crippen LogP contribution is -2.32. The van der Waals surface area contributed by atoms with Crippen LogP contribution in [0.3, 0.4) is 0 Å². The molecule has 2 aliphatic rings. The van der Waals surface area contributed by atoms with E-state index in [0.29, 0.717) is 12.0 Å². The summed E-state index contributed by atoms with van der Waals surface area (Å²) in [6, 6.07) is 0. The Morgan fingerprint density at radius 3 is 3.05 bits per heavy atom. The van der Waals surface area contributed by atoms with Crippen LogP contribution in [-0.2, 0) is 11.3 Å². The van der Waals surface area contributed by atoms with Crippen LogP contribution in [0, 0.1) is 12.8 Å². The first-order valence-electron chi connectivity index (χ1n) is 6.27. The summed E-state index contributed by atoms with van der Waals surface area (Å²) >= 11 is 1.74. The maximum atomic E-state index is 5.88. The summed E-state index contributed by atoms with van der Waals surface area (Å²) in [5, 5.41) is 6.75. The third-order valence-corrected chi connectivity index (χ3v) is 4.38. The average Bonchev–Trinajstić information content (AvgIpc) is 2.85. The highest BCUT2D eigenvalue weighted by atomic mass is 35.5. The molecule has 1 N–H and O–H groups in total. The number of fused-ring (bicyclic) bond motifs is 1. The fourth-order valence-corrected chi connectivity index (χ4v) is 3.30. The van der Waals surface area contributed by atoms with Gasteiger partial charge in [-0.2, -0.15) is 0 Å². The first-order valence-corrected chi connectivity index (χ1v) is 7.15. The average molecular weight is 326 g/mol. The largest absolute Gasteiger partial charge is 0.375 e. The monoisotopic (exact) mass is 325 g/mol. The lowest BCUT2D eigenvalue weighted by atomic mass is 10.1. The zero-order chi connectivity index (χ0) is 11.7. The summed E-state index contributed by atoms with van der Waals surface area (Å²) in [6.45, 7) is 8.17. The predicted molar refractivity (Wildman–Crippen MR) is 82.7 cm³/mol. The molecular weight excluding hydrogens is 305 g/mol. The topological polar surface area (TPSA) is 37.4 Å². The summed E-state index contributed by atoms with van der Waals surface area (Å²) in [7, 11) is 0. The maximum absolute atomic E-state index is 5.88. The molecule has 1 aromatic heterocycles. The molecule has 2 saturated heterocycles. The molecule has 1 aromatic rings. The van der Waals surface area contributed by atoms with E-state index in [0.717, 1.165) is 44.3 Å². The molecule has 2 fully saturated rings. The van der Waals surface area contributed by atoms with E-state index in [9.17, 15) is 0 Å². The van der Waals surface area contributed by atoms with Crippen molar-refractivity contribution < 1.29 is 4.74 Å². The van der Waals surface area contributed by atoms with Crippen molar-refractivity contribution in [1.82, 2.24) is 15.2 Å². The molecule has 2 aliphatic heterocycles. The van der Waals surface area contributed by atoms with Crippen LogP contribution in [0.25, 0.3) is 0 Å². The lowest BCUT2D eigenvalue weighted by Gasteiger charge is -2.21. The molecule has 3 rings (SSSR count). The van der Waals surface area contributed by atoms with Gasteiger partial charge in [0.15, 0.2) is 0 Å². The van der Waals surface area contributed by atoms with Crippen LogP contribution in [0.1, 0.15) is 10.7 Å². The van der Waals surface area contributed by atoms with E-state index in [2.05, 4.69) is 27.5 Å². The van der Waals surface area contributed by atoms with Crippen LogP contribution in [0.2, 0.25) is 0 Å². The van der Waals surface area contributed by atoms with Crippen molar-refractivity contribution in [2.24, 2.45) is 5.92 Å². The van der Waals surface area contributed by atoms with Crippen LogP contribution in [0.5, 0.6) is 0 Å². The minimum atomic E-state index is 0. The zero-order valence-electron chi connectivity index (χ0n) is 11.0. The van der Waals surface area contributed by atoms with Crippen molar-refractivity contribution in [3.8, 4) is 0 Å². The molecule has 0 amide bonds. The molecule has 0 aromatic carbocycles. The first kappa shape index (κ1) is 17.1. The summed E-state index contributed by atoms with van der Waals surface area (Å²) in [4.78, 5) is 7.02. The number of rotatable bonds is 2. The highest BCUT2D eigenvalue weighted by molar-refractivity contribution is 7.09. The Balaban J connectivity index is 0.000000902. The number of nitrogens with one attached hydrogen (secondary N) is 1. The van der Waals surface area contributed by atoms with E-state index in [1.807, 2.05) is 0 Å². The molecule has 0 aliphatic carbocycles. The van der Waals surface area contributed by atoms with Gasteiger partial charge in [-0.1, -0.05) is 0 Å². The molecule has 0 saturated carbocycles. The Kier molecular flexibility index (Phi) is 7.00. The smallest absolute Gasteiger partial charge is 0.0897 e. The van der Waals surface area contributed by atoms with E-state index in [-0.39, 0.29) is 24.8 Å². The summed E-state index contributed by atoms with van der Waals surface area (Å²) in [5.41, 5.74) is 1.21. The van der Waals surface area contributed by atoms with Crippen LogP contribution >= 0.6 is 36.2 Å². The number of hydrogen-bond acceptors (Lipinski definition) is 5. The van der Waals surface area contributed by atoms with E-state index in [1.165, 1.54) is 5.69 Å². The van der Waals surface area contributed by atoms with Gasteiger partial charge in [-0.3, -0.25) is 4.90 Å².